The molecule has 2 N–H and O–H groups in total. The quantitative estimate of drug-likeness (QED) is 0.528. The van der Waals surface area contributed by atoms with Gasteiger partial charge in [0.25, 0.3) is 0 Å². The molecular formula is C7H10N2O2. The molecule has 1 unspecified atom stereocenters. The summed E-state index contributed by atoms with van der Waals surface area (Å²) in [6.45, 7) is 3.61. The molecule has 60 valence electrons. The highest BCUT2D eigenvalue weighted by atomic mass is 16.2. The van der Waals surface area contributed by atoms with Crippen LogP contribution in [0.25, 0.3) is 0 Å². The van der Waals surface area contributed by atoms with Gasteiger partial charge in [0.1, 0.15) is 0 Å². The number of amides is 2. The summed E-state index contributed by atoms with van der Waals surface area (Å²) in [4.78, 5) is 20.8. The lowest BCUT2D eigenvalue weighted by Gasteiger charge is -2.23. The lowest BCUT2D eigenvalue weighted by molar-refractivity contribution is -0.122. The average molecular weight is 154 g/mol. The van der Waals surface area contributed by atoms with Crippen LogP contribution in [0.4, 0.5) is 0 Å². The van der Waals surface area contributed by atoms with Crippen molar-refractivity contribution in [3.8, 4) is 0 Å². The summed E-state index contributed by atoms with van der Waals surface area (Å²) in [5, 5.41) is 5.12. The van der Waals surface area contributed by atoms with E-state index in [0.717, 1.165) is 0 Å². The number of nitrogens with one attached hydrogen (secondary N) is 2. The molecule has 1 saturated heterocycles. The summed E-state index contributed by atoms with van der Waals surface area (Å²) in [5.74, 6) is -0.0288. The number of piperidine rings is 1. The van der Waals surface area contributed by atoms with Gasteiger partial charge in [-0.05, 0) is 6.42 Å². The Morgan fingerprint density at radius 1 is 1.73 bits per heavy atom. The smallest absolute Gasteiger partial charge is 0.224 e. The second kappa shape index (κ2) is 3.18. The highest BCUT2D eigenvalue weighted by Crippen LogP contribution is 2.09. The van der Waals surface area contributed by atoms with E-state index < -0.39 is 0 Å². The van der Waals surface area contributed by atoms with E-state index in [9.17, 15) is 9.59 Å². The molecule has 1 aliphatic rings. The maximum absolute atomic E-state index is 10.7. The molecule has 2 amide bonds. The minimum atomic E-state index is -0.0924. The summed E-state index contributed by atoms with van der Waals surface area (Å²) >= 11 is 0. The lowest BCUT2D eigenvalue weighted by atomic mass is 10.0. The van der Waals surface area contributed by atoms with E-state index in [1.807, 2.05) is 0 Å². The molecule has 1 atom stereocenters. The molecule has 1 heterocycles. The molecule has 11 heavy (non-hydrogen) atoms. The normalized spacial score (nSPS) is 24.2. The summed E-state index contributed by atoms with van der Waals surface area (Å²) in [6, 6.07) is -0.0924. The van der Waals surface area contributed by atoms with E-state index in [4.69, 9.17) is 0 Å². The molecule has 1 rings (SSSR count). The monoisotopic (exact) mass is 154 g/mol. The Labute approximate surface area is 64.7 Å². The SMILES string of the molecule is C=C1NC(=O)CCC1NC=O. The van der Waals surface area contributed by atoms with E-state index in [0.29, 0.717) is 24.9 Å². The first-order valence-corrected chi connectivity index (χ1v) is 3.42. The van der Waals surface area contributed by atoms with Crippen molar-refractivity contribution in [2.45, 2.75) is 18.9 Å². The van der Waals surface area contributed by atoms with E-state index in [1.54, 1.807) is 0 Å². The van der Waals surface area contributed by atoms with Crippen LogP contribution in [0.5, 0.6) is 0 Å². The number of hydrogen-bond acceptors (Lipinski definition) is 2. The van der Waals surface area contributed by atoms with Crippen LogP contribution >= 0.6 is 0 Å². The molecule has 0 spiro atoms. The fourth-order valence-electron chi connectivity index (χ4n) is 1.04. The van der Waals surface area contributed by atoms with E-state index in [-0.39, 0.29) is 11.9 Å². The Morgan fingerprint density at radius 2 is 2.45 bits per heavy atom. The van der Waals surface area contributed by atoms with Crippen molar-refractivity contribution in [2.24, 2.45) is 0 Å². The minimum absolute atomic E-state index is 0.0288. The van der Waals surface area contributed by atoms with Crippen LogP contribution in [-0.2, 0) is 9.59 Å². The fourth-order valence-corrected chi connectivity index (χ4v) is 1.04. The van der Waals surface area contributed by atoms with E-state index >= 15 is 0 Å². The predicted octanol–water partition coefficient (Wildman–Crippen LogP) is -0.475. The Morgan fingerprint density at radius 3 is 3.00 bits per heavy atom. The summed E-state index contributed by atoms with van der Waals surface area (Å²) in [6.07, 6.45) is 1.71. The number of carbonyl (C=O) groups is 2. The van der Waals surface area contributed by atoms with E-state index in [2.05, 4.69) is 17.2 Å². The maximum Gasteiger partial charge on any atom is 0.224 e. The van der Waals surface area contributed by atoms with Crippen molar-refractivity contribution >= 4 is 12.3 Å². The van der Waals surface area contributed by atoms with Crippen molar-refractivity contribution in [3.63, 3.8) is 0 Å². The first-order chi connectivity index (χ1) is 5.24. The molecule has 4 heteroatoms. The number of hydrogen-bond donors (Lipinski definition) is 2. The topological polar surface area (TPSA) is 58.2 Å². The molecule has 0 saturated carbocycles. The van der Waals surface area contributed by atoms with Crippen molar-refractivity contribution in [1.29, 1.82) is 0 Å². The molecule has 1 aliphatic heterocycles. The Bertz CT molecular complexity index is 201. The molecule has 0 aromatic heterocycles. The van der Waals surface area contributed by atoms with Crippen LogP contribution in [0.2, 0.25) is 0 Å². The Hall–Kier alpha value is -1.32. The minimum Gasteiger partial charge on any atom is -0.350 e. The number of carbonyl (C=O) groups excluding carboxylic acids is 2. The van der Waals surface area contributed by atoms with E-state index in [1.165, 1.54) is 0 Å². The zero-order valence-corrected chi connectivity index (χ0v) is 6.09. The molecule has 0 aromatic rings. The molecule has 0 bridgehead atoms. The first kappa shape index (κ1) is 7.78. The number of rotatable bonds is 2. The first-order valence-electron chi connectivity index (χ1n) is 3.42. The highest BCUT2D eigenvalue weighted by Gasteiger charge is 2.20. The van der Waals surface area contributed by atoms with Gasteiger partial charge in [0.2, 0.25) is 12.3 Å². The van der Waals surface area contributed by atoms with Crippen LogP contribution in [0, 0.1) is 0 Å². The Kier molecular flexibility index (Phi) is 2.25. The van der Waals surface area contributed by atoms with Gasteiger partial charge in [-0.25, -0.2) is 0 Å². The van der Waals surface area contributed by atoms with Crippen molar-refractivity contribution in [3.05, 3.63) is 12.3 Å². The standard InChI is InChI=1S/C7H10N2O2/c1-5-6(8-4-10)2-3-7(11)9-5/h4,6H,1-3H2,(H,8,10)(H,9,11). The molecule has 0 aliphatic carbocycles. The third-order valence-electron chi connectivity index (χ3n) is 1.65. The van der Waals surface area contributed by atoms with Gasteiger partial charge in [0, 0.05) is 12.1 Å². The van der Waals surface area contributed by atoms with Gasteiger partial charge in [-0.15, -0.1) is 0 Å². The van der Waals surface area contributed by atoms with Crippen molar-refractivity contribution < 1.29 is 9.59 Å². The molecule has 0 aromatic carbocycles. The highest BCUT2D eigenvalue weighted by molar-refractivity contribution is 5.79. The Balaban J connectivity index is 2.50. The van der Waals surface area contributed by atoms with Crippen molar-refractivity contribution in [2.75, 3.05) is 0 Å². The van der Waals surface area contributed by atoms with Gasteiger partial charge in [-0.3, -0.25) is 9.59 Å². The average Bonchev–Trinajstić information content (AvgIpc) is 1.95. The summed E-state index contributed by atoms with van der Waals surface area (Å²) in [5.41, 5.74) is 0.577. The third kappa shape index (κ3) is 1.80. The largest absolute Gasteiger partial charge is 0.350 e. The second-order valence-corrected chi connectivity index (χ2v) is 2.45. The van der Waals surface area contributed by atoms with Crippen LogP contribution in [-0.4, -0.2) is 18.4 Å². The van der Waals surface area contributed by atoms with Crippen LogP contribution < -0.4 is 10.6 Å². The van der Waals surface area contributed by atoms with Gasteiger partial charge in [-0.1, -0.05) is 6.58 Å². The molecule has 0 radical (unpaired) electrons. The molecular weight excluding hydrogens is 144 g/mol. The van der Waals surface area contributed by atoms with Crippen LogP contribution in [0.3, 0.4) is 0 Å². The molecule has 4 nitrogen and oxygen atoms in total. The van der Waals surface area contributed by atoms with Gasteiger partial charge < -0.3 is 10.6 Å². The fraction of sp³-hybridized carbons (Fsp3) is 0.429. The maximum atomic E-state index is 10.7. The van der Waals surface area contributed by atoms with Gasteiger partial charge in [0.05, 0.1) is 6.04 Å². The third-order valence-corrected chi connectivity index (χ3v) is 1.65. The van der Waals surface area contributed by atoms with Gasteiger partial charge >= 0.3 is 0 Å². The summed E-state index contributed by atoms with van der Waals surface area (Å²) < 4.78 is 0. The molecule has 1 fully saturated rings. The predicted molar refractivity (Wildman–Crippen MR) is 39.5 cm³/mol. The zero-order valence-electron chi connectivity index (χ0n) is 6.09. The van der Waals surface area contributed by atoms with Gasteiger partial charge in [-0.2, -0.15) is 0 Å². The van der Waals surface area contributed by atoms with Gasteiger partial charge in [0.15, 0.2) is 0 Å². The van der Waals surface area contributed by atoms with Crippen LogP contribution in [0.1, 0.15) is 12.8 Å². The zero-order chi connectivity index (χ0) is 8.27. The summed E-state index contributed by atoms with van der Waals surface area (Å²) in [7, 11) is 0. The van der Waals surface area contributed by atoms with Crippen LogP contribution in [0.15, 0.2) is 12.3 Å². The lowest BCUT2D eigenvalue weighted by Crippen LogP contribution is -2.42. The second-order valence-electron chi connectivity index (χ2n) is 2.45. The van der Waals surface area contributed by atoms with Crippen molar-refractivity contribution in [1.82, 2.24) is 10.6 Å².